The second-order valence-corrected chi connectivity index (χ2v) is 5.92. The molecule has 0 aliphatic carbocycles. The van der Waals surface area contributed by atoms with Gasteiger partial charge >= 0.3 is 0 Å². The minimum Gasteiger partial charge on any atom is -0.485 e. The van der Waals surface area contributed by atoms with Gasteiger partial charge in [0.25, 0.3) is 0 Å². The first-order chi connectivity index (χ1) is 12.7. The Hall–Kier alpha value is -3.14. The number of carbonyl (C=O) groups excluding carboxylic acids is 1. The second kappa shape index (κ2) is 8.30. The molecule has 0 unspecified atom stereocenters. The SMILES string of the molecule is Cc1cc(C=O)c(F)c(OCc2ccccc2)c1OCc1ccccc1. The molecule has 3 nitrogen and oxygen atoms in total. The summed E-state index contributed by atoms with van der Waals surface area (Å²) < 4.78 is 26.3. The van der Waals surface area contributed by atoms with Crippen LogP contribution in [-0.2, 0) is 13.2 Å². The van der Waals surface area contributed by atoms with Crippen molar-refractivity contribution in [2.24, 2.45) is 0 Å². The van der Waals surface area contributed by atoms with Crippen LogP contribution in [0.15, 0.2) is 66.7 Å². The molecule has 26 heavy (non-hydrogen) atoms. The standard InChI is InChI=1S/C22H19FO3/c1-16-12-19(13-24)20(23)22(26-15-18-10-6-3-7-11-18)21(16)25-14-17-8-4-2-5-9-17/h2-13H,14-15H2,1H3. The highest BCUT2D eigenvalue weighted by molar-refractivity contribution is 5.78. The first-order valence-electron chi connectivity index (χ1n) is 8.30. The van der Waals surface area contributed by atoms with E-state index in [4.69, 9.17) is 9.47 Å². The molecule has 0 fully saturated rings. The van der Waals surface area contributed by atoms with E-state index in [0.29, 0.717) is 17.6 Å². The smallest absolute Gasteiger partial charge is 0.198 e. The average Bonchev–Trinajstić information content (AvgIpc) is 2.69. The molecule has 0 spiro atoms. The molecule has 132 valence electrons. The predicted molar refractivity (Wildman–Crippen MR) is 98.1 cm³/mol. The number of halogens is 1. The van der Waals surface area contributed by atoms with Crippen molar-refractivity contribution in [2.45, 2.75) is 20.1 Å². The summed E-state index contributed by atoms with van der Waals surface area (Å²) in [5.74, 6) is -0.427. The quantitative estimate of drug-likeness (QED) is 0.556. The van der Waals surface area contributed by atoms with Gasteiger partial charge in [-0.25, -0.2) is 4.39 Å². The van der Waals surface area contributed by atoms with Crippen LogP contribution in [0.5, 0.6) is 11.5 Å². The van der Waals surface area contributed by atoms with Gasteiger partial charge < -0.3 is 9.47 Å². The summed E-state index contributed by atoms with van der Waals surface area (Å²) in [7, 11) is 0. The molecule has 3 aromatic rings. The summed E-state index contributed by atoms with van der Waals surface area (Å²) in [6.07, 6.45) is 0.485. The average molecular weight is 350 g/mol. The van der Waals surface area contributed by atoms with Crippen LogP contribution in [0.2, 0.25) is 0 Å². The van der Waals surface area contributed by atoms with Crippen LogP contribution in [0.1, 0.15) is 27.0 Å². The Morgan fingerprint density at radius 3 is 1.85 bits per heavy atom. The Labute approximate surface area is 152 Å². The maximum Gasteiger partial charge on any atom is 0.198 e. The summed E-state index contributed by atoms with van der Waals surface area (Å²) in [6.45, 7) is 2.23. The van der Waals surface area contributed by atoms with Crippen molar-refractivity contribution in [3.05, 3.63) is 94.8 Å². The van der Waals surface area contributed by atoms with Gasteiger partial charge in [0, 0.05) is 0 Å². The number of carbonyl (C=O) groups is 1. The molecule has 0 bridgehead atoms. The Morgan fingerprint density at radius 1 is 0.846 bits per heavy atom. The van der Waals surface area contributed by atoms with E-state index in [1.165, 1.54) is 6.07 Å². The van der Waals surface area contributed by atoms with Gasteiger partial charge in [-0.3, -0.25) is 4.79 Å². The highest BCUT2D eigenvalue weighted by Gasteiger charge is 2.19. The molecule has 0 saturated heterocycles. The third-order valence-corrected chi connectivity index (χ3v) is 3.97. The Kier molecular flexibility index (Phi) is 5.64. The van der Waals surface area contributed by atoms with E-state index >= 15 is 0 Å². The van der Waals surface area contributed by atoms with Crippen molar-refractivity contribution in [2.75, 3.05) is 0 Å². The lowest BCUT2D eigenvalue weighted by Gasteiger charge is -2.17. The van der Waals surface area contributed by atoms with Gasteiger partial charge in [-0.15, -0.1) is 0 Å². The van der Waals surface area contributed by atoms with Crippen LogP contribution >= 0.6 is 0 Å². The van der Waals surface area contributed by atoms with Crippen molar-refractivity contribution in [1.82, 2.24) is 0 Å². The Bertz CT molecular complexity index is 877. The van der Waals surface area contributed by atoms with Crippen LogP contribution in [0.25, 0.3) is 0 Å². The molecule has 3 rings (SSSR count). The third kappa shape index (κ3) is 4.09. The van der Waals surface area contributed by atoms with Crippen LogP contribution in [0.3, 0.4) is 0 Å². The zero-order chi connectivity index (χ0) is 18.4. The lowest BCUT2D eigenvalue weighted by molar-refractivity contribution is 0.111. The lowest BCUT2D eigenvalue weighted by atomic mass is 10.1. The van der Waals surface area contributed by atoms with Crippen molar-refractivity contribution in [3.63, 3.8) is 0 Å². The van der Waals surface area contributed by atoms with Crippen LogP contribution in [-0.4, -0.2) is 6.29 Å². The number of hydrogen-bond donors (Lipinski definition) is 0. The normalized spacial score (nSPS) is 10.4. The molecule has 0 amide bonds. The van der Waals surface area contributed by atoms with E-state index < -0.39 is 5.82 Å². The highest BCUT2D eigenvalue weighted by atomic mass is 19.1. The van der Waals surface area contributed by atoms with Crippen molar-refractivity contribution < 1.29 is 18.7 Å². The summed E-state index contributed by atoms with van der Waals surface area (Å²) >= 11 is 0. The van der Waals surface area contributed by atoms with E-state index in [2.05, 4.69) is 0 Å². The monoisotopic (exact) mass is 350 g/mol. The fraction of sp³-hybridized carbons (Fsp3) is 0.136. The number of hydrogen-bond acceptors (Lipinski definition) is 3. The van der Waals surface area contributed by atoms with Crippen molar-refractivity contribution in [1.29, 1.82) is 0 Å². The van der Waals surface area contributed by atoms with Crippen LogP contribution in [0.4, 0.5) is 4.39 Å². The minimum atomic E-state index is -0.704. The number of rotatable bonds is 7. The van der Waals surface area contributed by atoms with Gasteiger partial charge in [0.2, 0.25) is 0 Å². The topological polar surface area (TPSA) is 35.5 Å². The molecule has 0 aliphatic rings. The van der Waals surface area contributed by atoms with Crippen LogP contribution < -0.4 is 9.47 Å². The lowest BCUT2D eigenvalue weighted by Crippen LogP contribution is -2.06. The third-order valence-electron chi connectivity index (χ3n) is 3.97. The summed E-state index contributed by atoms with van der Waals surface area (Å²) in [5.41, 5.74) is 2.46. The minimum absolute atomic E-state index is 0.0353. The molecular formula is C22H19FO3. The Balaban J connectivity index is 1.88. The van der Waals surface area contributed by atoms with Crippen molar-refractivity contribution in [3.8, 4) is 11.5 Å². The first kappa shape index (κ1) is 17.7. The highest BCUT2D eigenvalue weighted by Crippen LogP contribution is 2.36. The van der Waals surface area contributed by atoms with Gasteiger partial charge in [0.1, 0.15) is 13.2 Å². The van der Waals surface area contributed by atoms with E-state index in [-0.39, 0.29) is 24.5 Å². The van der Waals surface area contributed by atoms with Crippen molar-refractivity contribution >= 4 is 6.29 Å². The number of aryl methyl sites for hydroxylation is 1. The molecular weight excluding hydrogens is 331 g/mol. The summed E-state index contributed by atoms with van der Waals surface area (Å²) in [6, 6.07) is 20.5. The molecule has 0 heterocycles. The zero-order valence-electron chi connectivity index (χ0n) is 14.4. The fourth-order valence-corrected chi connectivity index (χ4v) is 2.63. The zero-order valence-corrected chi connectivity index (χ0v) is 14.4. The maximum absolute atomic E-state index is 14.7. The largest absolute Gasteiger partial charge is 0.485 e. The molecule has 3 aromatic carbocycles. The molecule has 0 saturated carbocycles. The van der Waals surface area contributed by atoms with E-state index in [1.54, 1.807) is 6.92 Å². The van der Waals surface area contributed by atoms with Gasteiger partial charge in [-0.2, -0.15) is 0 Å². The first-order valence-corrected chi connectivity index (χ1v) is 8.30. The fourth-order valence-electron chi connectivity index (χ4n) is 2.63. The summed E-state index contributed by atoms with van der Waals surface area (Å²) in [5, 5.41) is 0. The van der Waals surface area contributed by atoms with E-state index in [1.807, 2.05) is 60.7 Å². The maximum atomic E-state index is 14.7. The van der Waals surface area contributed by atoms with E-state index in [9.17, 15) is 9.18 Å². The Morgan fingerprint density at radius 2 is 1.35 bits per heavy atom. The van der Waals surface area contributed by atoms with E-state index in [0.717, 1.165) is 11.1 Å². The molecule has 0 atom stereocenters. The van der Waals surface area contributed by atoms with Gasteiger partial charge in [-0.1, -0.05) is 60.7 Å². The second-order valence-electron chi connectivity index (χ2n) is 5.92. The number of ether oxygens (including phenoxy) is 2. The number of aldehydes is 1. The molecule has 0 aliphatic heterocycles. The number of benzene rings is 3. The predicted octanol–water partition coefficient (Wildman–Crippen LogP) is 5.10. The molecule has 4 heteroatoms. The van der Waals surface area contributed by atoms with Gasteiger partial charge in [0.15, 0.2) is 23.6 Å². The van der Waals surface area contributed by atoms with Crippen LogP contribution in [0, 0.1) is 12.7 Å². The summed E-state index contributed by atoms with van der Waals surface area (Å²) in [4.78, 5) is 11.2. The molecule has 0 radical (unpaired) electrons. The molecule has 0 aromatic heterocycles. The van der Waals surface area contributed by atoms with Gasteiger partial charge in [-0.05, 0) is 29.7 Å². The molecule has 0 N–H and O–H groups in total. The van der Waals surface area contributed by atoms with Gasteiger partial charge in [0.05, 0.1) is 5.56 Å².